The number of aliphatic hydroxyl groups is 3. The van der Waals surface area contributed by atoms with Gasteiger partial charge in [0.05, 0.1) is 13.2 Å². The molecule has 1 rings (SSSR count). The van der Waals surface area contributed by atoms with Gasteiger partial charge in [0, 0.05) is 6.61 Å². The predicted octanol–water partition coefficient (Wildman–Crippen LogP) is 5.30. The second-order valence-electron chi connectivity index (χ2n) is 9.14. The Kier molecular flexibility index (Phi) is 18.6. The highest BCUT2D eigenvalue weighted by atomic mass is 16.5. The molecule has 0 saturated carbocycles. The molecule has 4 atom stereocenters. The Labute approximate surface area is 191 Å². The zero-order valence-electron chi connectivity index (χ0n) is 20.1. The maximum Gasteiger partial charge on any atom is 0.114 e. The van der Waals surface area contributed by atoms with Gasteiger partial charge in [0.2, 0.25) is 0 Å². The van der Waals surface area contributed by atoms with E-state index >= 15 is 0 Å². The SMILES string of the molecule is CCC/C=C/CCCCCCCCCCCCCCCOC[C@@H](O)[C@@H]1OC[C@H](O)[C@@H]1O. The Morgan fingerprint density at radius 2 is 1.32 bits per heavy atom. The third-order valence-corrected chi connectivity index (χ3v) is 6.14. The Balaban J connectivity index is 1.74. The lowest BCUT2D eigenvalue weighted by Gasteiger charge is -2.20. The minimum atomic E-state index is -1.03. The predicted molar refractivity (Wildman–Crippen MR) is 127 cm³/mol. The average molecular weight is 443 g/mol. The molecule has 1 aliphatic rings. The normalized spacial score (nSPS) is 22.5. The maximum absolute atomic E-state index is 9.97. The zero-order chi connectivity index (χ0) is 22.6. The molecule has 184 valence electrons. The number of unbranched alkanes of at least 4 members (excludes halogenated alkanes) is 14. The van der Waals surface area contributed by atoms with Crippen LogP contribution in [0.1, 0.15) is 110 Å². The minimum absolute atomic E-state index is 0.0696. The van der Waals surface area contributed by atoms with Gasteiger partial charge in [-0.15, -0.1) is 0 Å². The van der Waals surface area contributed by atoms with Crippen LogP contribution in [0, 0.1) is 0 Å². The van der Waals surface area contributed by atoms with Crippen LogP contribution in [0.2, 0.25) is 0 Å². The van der Waals surface area contributed by atoms with Gasteiger partial charge in [0.25, 0.3) is 0 Å². The molecular weight excluding hydrogens is 392 g/mol. The van der Waals surface area contributed by atoms with E-state index in [1.807, 2.05) is 0 Å². The van der Waals surface area contributed by atoms with E-state index in [1.54, 1.807) is 0 Å². The Morgan fingerprint density at radius 3 is 1.84 bits per heavy atom. The molecule has 0 spiro atoms. The summed E-state index contributed by atoms with van der Waals surface area (Å²) in [6.45, 7) is 3.06. The summed E-state index contributed by atoms with van der Waals surface area (Å²) in [5, 5.41) is 29.1. The van der Waals surface area contributed by atoms with Crippen molar-refractivity contribution in [2.75, 3.05) is 19.8 Å². The fraction of sp³-hybridized carbons (Fsp3) is 0.923. The number of aliphatic hydroxyl groups excluding tert-OH is 3. The fourth-order valence-electron chi connectivity index (χ4n) is 4.08. The molecule has 0 aromatic heterocycles. The highest BCUT2D eigenvalue weighted by Crippen LogP contribution is 2.18. The smallest absolute Gasteiger partial charge is 0.114 e. The summed E-state index contributed by atoms with van der Waals surface area (Å²) in [5.41, 5.74) is 0. The van der Waals surface area contributed by atoms with Crippen molar-refractivity contribution in [1.29, 1.82) is 0 Å². The van der Waals surface area contributed by atoms with Crippen molar-refractivity contribution in [3.05, 3.63) is 12.2 Å². The Hall–Kier alpha value is -0.460. The molecule has 5 heteroatoms. The van der Waals surface area contributed by atoms with Crippen LogP contribution in [0.5, 0.6) is 0 Å². The van der Waals surface area contributed by atoms with Gasteiger partial charge < -0.3 is 24.8 Å². The number of allylic oxidation sites excluding steroid dienone is 2. The molecule has 5 nitrogen and oxygen atoms in total. The van der Waals surface area contributed by atoms with Crippen molar-refractivity contribution < 1.29 is 24.8 Å². The topological polar surface area (TPSA) is 79.2 Å². The third kappa shape index (κ3) is 15.1. The highest BCUT2D eigenvalue weighted by Gasteiger charge is 2.39. The maximum atomic E-state index is 9.97. The molecule has 0 aromatic carbocycles. The number of hydrogen-bond donors (Lipinski definition) is 3. The number of hydrogen-bond acceptors (Lipinski definition) is 5. The van der Waals surface area contributed by atoms with E-state index in [0.717, 1.165) is 12.8 Å². The first-order chi connectivity index (χ1) is 15.2. The first-order valence-electron chi connectivity index (χ1n) is 13.0. The van der Waals surface area contributed by atoms with Crippen molar-refractivity contribution in [2.24, 2.45) is 0 Å². The number of rotatable bonds is 21. The first kappa shape index (κ1) is 28.6. The molecule has 0 aromatic rings. The molecule has 1 saturated heterocycles. The molecule has 31 heavy (non-hydrogen) atoms. The monoisotopic (exact) mass is 442 g/mol. The quantitative estimate of drug-likeness (QED) is 0.166. The van der Waals surface area contributed by atoms with Gasteiger partial charge in [0.15, 0.2) is 0 Å². The van der Waals surface area contributed by atoms with Crippen molar-refractivity contribution in [2.45, 2.75) is 134 Å². The molecule has 1 heterocycles. The van der Waals surface area contributed by atoms with E-state index in [9.17, 15) is 15.3 Å². The molecule has 1 fully saturated rings. The van der Waals surface area contributed by atoms with Crippen LogP contribution in [0.25, 0.3) is 0 Å². The third-order valence-electron chi connectivity index (χ3n) is 6.14. The van der Waals surface area contributed by atoms with E-state index in [-0.39, 0.29) is 13.2 Å². The summed E-state index contributed by atoms with van der Waals surface area (Å²) in [7, 11) is 0. The lowest BCUT2D eigenvalue weighted by Crippen LogP contribution is -2.40. The van der Waals surface area contributed by atoms with Crippen LogP contribution in [0.15, 0.2) is 12.2 Å². The van der Waals surface area contributed by atoms with Crippen LogP contribution in [-0.2, 0) is 9.47 Å². The average Bonchev–Trinajstić information content (AvgIpc) is 3.10. The van der Waals surface area contributed by atoms with Gasteiger partial charge in [-0.05, 0) is 25.7 Å². The van der Waals surface area contributed by atoms with Crippen LogP contribution in [0.3, 0.4) is 0 Å². The van der Waals surface area contributed by atoms with E-state index in [0.29, 0.717) is 6.61 Å². The standard InChI is InChI=1S/C26H50O5/c1-2-3-4-5-6-7-8-9-10-11-12-13-14-15-16-17-18-19-20-30-21-24(28)26-25(29)23(27)22-31-26/h4-5,23-29H,2-3,6-22H2,1H3/b5-4+/t23-,24+,25-,26-/m0/s1. The highest BCUT2D eigenvalue weighted by molar-refractivity contribution is 4.87. The second kappa shape index (κ2) is 20.2. The van der Waals surface area contributed by atoms with Gasteiger partial charge in [-0.3, -0.25) is 0 Å². The Morgan fingerprint density at radius 1 is 0.806 bits per heavy atom. The summed E-state index contributed by atoms with van der Waals surface area (Å²) < 4.78 is 10.7. The van der Waals surface area contributed by atoms with Gasteiger partial charge in [0.1, 0.15) is 24.4 Å². The summed E-state index contributed by atoms with van der Waals surface area (Å²) in [6.07, 6.45) is 22.0. The lowest BCUT2D eigenvalue weighted by atomic mass is 10.0. The molecule has 0 radical (unpaired) electrons. The van der Waals surface area contributed by atoms with E-state index < -0.39 is 24.4 Å². The van der Waals surface area contributed by atoms with Crippen LogP contribution >= 0.6 is 0 Å². The molecule has 3 N–H and O–H groups in total. The Bertz CT molecular complexity index is 415. The fourth-order valence-corrected chi connectivity index (χ4v) is 4.08. The molecule has 0 bridgehead atoms. The molecule has 0 unspecified atom stereocenters. The van der Waals surface area contributed by atoms with Gasteiger partial charge in [-0.25, -0.2) is 0 Å². The van der Waals surface area contributed by atoms with Crippen LogP contribution in [0.4, 0.5) is 0 Å². The van der Waals surface area contributed by atoms with Crippen molar-refractivity contribution in [1.82, 2.24) is 0 Å². The number of ether oxygens (including phenoxy) is 2. The molecule has 0 amide bonds. The van der Waals surface area contributed by atoms with Crippen molar-refractivity contribution in [3.63, 3.8) is 0 Å². The van der Waals surface area contributed by atoms with Gasteiger partial charge >= 0.3 is 0 Å². The largest absolute Gasteiger partial charge is 0.388 e. The zero-order valence-corrected chi connectivity index (χ0v) is 20.1. The molecular formula is C26H50O5. The van der Waals surface area contributed by atoms with E-state index in [1.165, 1.54) is 89.9 Å². The summed E-state index contributed by atoms with van der Waals surface area (Å²) in [5.74, 6) is 0. The summed E-state index contributed by atoms with van der Waals surface area (Å²) in [6, 6.07) is 0. The van der Waals surface area contributed by atoms with E-state index in [2.05, 4.69) is 19.1 Å². The second-order valence-corrected chi connectivity index (χ2v) is 9.14. The summed E-state index contributed by atoms with van der Waals surface area (Å²) >= 11 is 0. The lowest BCUT2D eigenvalue weighted by molar-refractivity contribution is -0.0813. The van der Waals surface area contributed by atoms with Gasteiger partial charge in [-0.2, -0.15) is 0 Å². The molecule has 0 aliphatic carbocycles. The summed E-state index contributed by atoms with van der Waals surface area (Å²) in [4.78, 5) is 0. The van der Waals surface area contributed by atoms with Crippen LogP contribution in [-0.4, -0.2) is 59.6 Å². The van der Waals surface area contributed by atoms with E-state index in [4.69, 9.17) is 9.47 Å². The first-order valence-corrected chi connectivity index (χ1v) is 13.0. The van der Waals surface area contributed by atoms with Crippen molar-refractivity contribution in [3.8, 4) is 0 Å². The van der Waals surface area contributed by atoms with Crippen molar-refractivity contribution >= 4 is 0 Å². The van der Waals surface area contributed by atoms with Gasteiger partial charge in [-0.1, -0.05) is 96.1 Å². The molecule has 1 aliphatic heterocycles. The minimum Gasteiger partial charge on any atom is -0.388 e. The van der Waals surface area contributed by atoms with Crippen LogP contribution < -0.4 is 0 Å².